The van der Waals surface area contributed by atoms with E-state index in [-0.39, 0.29) is 0 Å². The van der Waals surface area contributed by atoms with E-state index in [9.17, 15) is 0 Å². The Hall–Kier alpha value is -6.91. The third-order valence-corrected chi connectivity index (χ3v) is 10.4. The summed E-state index contributed by atoms with van der Waals surface area (Å²) in [6, 6.07) is 60.3. The molecule has 2 N–H and O–H groups in total. The van der Waals surface area contributed by atoms with E-state index in [2.05, 4.69) is 146 Å². The summed E-state index contributed by atoms with van der Waals surface area (Å²) in [6.07, 6.45) is 5.47. The number of allylic oxidation sites excluding steroid dienone is 3. The molecule has 4 heteroatoms. The van der Waals surface area contributed by atoms with Crippen molar-refractivity contribution in [3.63, 3.8) is 0 Å². The van der Waals surface area contributed by atoms with Gasteiger partial charge < -0.3 is 5.73 Å². The molecule has 0 bridgehead atoms. The van der Waals surface area contributed by atoms with E-state index < -0.39 is 5.41 Å². The maximum atomic E-state index is 5.63. The van der Waals surface area contributed by atoms with E-state index in [4.69, 9.17) is 20.7 Å². The van der Waals surface area contributed by atoms with Gasteiger partial charge in [0.15, 0.2) is 17.5 Å². The van der Waals surface area contributed by atoms with Crippen molar-refractivity contribution >= 4 is 16.3 Å². The predicted molar refractivity (Wildman–Crippen MR) is 218 cm³/mol. The minimum Gasteiger partial charge on any atom is -0.405 e. The van der Waals surface area contributed by atoms with Gasteiger partial charge in [-0.1, -0.05) is 170 Å². The molecule has 8 aromatic rings. The molecule has 0 aliphatic heterocycles. The molecule has 0 spiro atoms. The Morgan fingerprint density at radius 3 is 1.60 bits per heavy atom. The van der Waals surface area contributed by atoms with Gasteiger partial charge in [-0.05, 0) is 80.6 Å². The molecule has 1 aromatic heterocycles. The van der Waals surface area contributed by atoms with Crippen LogP contribution in [0.1, 0.15) is 34.7 Å². The number of fused-ring (bicyclic) bond motifs is 4. The molecule has 4 nitrogen and oxygen atoms in total. The molecule has 0 amide bonds. The van der Waals surface area contributed by atoms with Gasteiger partial charge in [-0.2, -0.15) is 0 Å². The molecule has 1 aliphatic carbocycles. The van der Waals surface area contributed by atoms with Crippen LogP contribution in [0.4, 0.5) is 0 Å². The number of rotatable bonds is 7. The van der Waals surface area contributed by atoms with Gasteiger partial charge in [-0.3, -0.25) is 0 Å². The Bertz CT molecular complexity index is 2630. The van der Waals surface area contributed by atoms with Gasteiger partial charge >= 0.3 is 0 Å². The zero-order chi connectivity index (χ0) is 35.8. The molecule has 1 aliphatic rings. The Morgan fingerprint density at radius 1 is 0.491 bits per heavy atom. The van der Waals surface area contributed by atoms with Crippen molar-refractivity contribution in [3.8, 4) is 45.3 Å². The molecular formula is C49H36N4. The largest absolute Gasteiger partial charge is 0.405 e. The van der Waals surface area contributed by atoms with Crippen LogP contribution in [-0.4, -0.2) is 15.0 Å². The number of nitrogens with zero attached hydrogens (tertiary/aromatic N) is 3. The van der Waals surface area contributed by atoms with Gasteiger partial charge in [0.2, 0.25) is 0 Å². The van der Waals surface area contributed by atoms with Gasteiger partial charge in [-0.25, -0.2) is 15.0 Å². The number of hydrogen-bond donors (Lipinski definition) is 1. The van der Waals surface area contributed by atoms with Crippen molar-refractivity contribution in [3.05, 3.63) is 216 Å². The molecule has 0 atom stereocenters. The SMILES string of the molecule is C/C(=C\C=C/N)c1ccc(C2(c3ccc(-c4nc(-c5ccccc5)nc(-c5ccc6ccccc6c5)n4)cc3)c3ccccc3-c3ccccc32)cc1. The van der Waals surface area contributed by atoms with Gasteiger partial charge in [0, 0.05) is 16.7 Å². The topological polar surface area (TPSA) is 64.7 Å². The molecule has 53 heavy (non-hydrogen) atoms. The highest BCUT2D eigenvalue weighted by molar-refractivity contribution is 5.88. The number of nitrogens with two attached hydrogens (primary N) is 1. The second-order valence-corrected chi connectivity index (χ2v) is 13.5. The number of aromatic nitrogens is 3. The Kier molecular flexibility index (Phi) is 8.06. The highest BCUT2D eigenvalue weighted by Crippen LogP contribution is 2.56. The Balaban J connectivity index is 1.20. The van der Waals surface area contributed by atoms with E-state index in [0.717, 1.165) is 33.2 Å². The average Bonchev–Trinajstić information content (AvgIpc) is 3.54. The molecule has 252 valence electrons. The fraction of sp³-hybridized carbons (Fsp3) is 0.0408. The van der Waals surface area contributed by atoms with Crippen LogP contribution < -0.4 is 5.73 Å². The molecule has 9 rings (SSSR count). The van der Waals surface area contributed by atoms with Gasteiger partial charge in [-0.15, -0.1) is 0 Å². The average molecular weight is 681 g/mol. The maximum absolute atomic E-state index is 5.63. The molecule has 7 aromatic carbocycles. The van der Waals surface area contributed by atoms with Crippen LogP contribution in [0.2, 0.25) is 0 Å². The lowest BCUT2D eigenvalue weighted by Gasteiger charge is -2.34. The highest BCUT2D eigenvalue weighted by atomic mass is 15.0. The van der Waals surface area contributed by atoms with Crippen LogP contribution in [0.3, 0.4) is 0 Å². The van der Waals surface area contributed by atoms with Crippen molar-refractivity contribution in [2.75, 3.05) is 0 Å². The lowest BCUT2D eigenvalue weighted by molar-refractivity contribution is 0.768. The first kappa shape index (κ1) is 32.0. The quantitative estimate of drug-likeness (QED) is 0.170. The summed E-state index contributed by atoms with van der Waals surface area (Å²) in [6.45, 7) is 2.11. The first-order chi connectivity index (χ1) is 26.1. The molecule has 0 fully saturated rings. The number of hydrogen-bond acceptors (Lipinski definition) is 4. The Morgan fingerprint density at radius 2 is 0.981 bits per heavy atom. The van der Waals surface area contributed by atoms with Crippen LogP contribution in [0.15, 0.2) is 188 Å². The molecule has 0 saturated heterocycles. The zero-order valence-corrected chi connectivity index (χ0v) is 29.3. The normalized spacial score (nSPS) is 13.3. The predicted octanol–water partition coefficient (Wildman–Crippen LogP) is 11.3. The highest BCUT2D eigenvalue weighted by Gasteiger charge is 2.45. The minimum absolute atomic E-state index is 0.524. The van der Waals surface area contributed by atoms with Crippen LogP contribution in [0.5, 0.6) is 0 Å². The maximum Gasteiger partial charge on any atom is 0.164 e. The summed E-state index contributed by atoms with van der Waals surface area (Å²) in [5.41, 5.74) is 17.7. The van der Waals surface area contributed by atoms with E-state index in [0.29, 0.717) is 17.5 Å². The van der Waals surface area contributed by atoms with Crippen LogP contribution in [0, 0.1) is 0 Å². The fourth-order valence-electron chi connectivity index (χ4n) is 7.85. The summed E-state index contributed by atoms with van der Waals surface area (Å²) < 4.78 is 0. The monoisotopic (exact) mass is 680 g/mol. The van der Waals surface area contributed by atoms with Crippen LogP contribution >= 0.6 is 0 Å². The first-order valence-corrected chi connectivity index (χ1v) is 17.9. The molecule has 0 saturated carbocycles. The lowest BCUT2D eigenvalue weighted by atomic mass is 9.67. The Labute approximate surface area is 309 Å². The van der Waals surface area contributed by atoms with Gasteiger partial charge in [0.05, 0.1) is 5.41 Å². The third-order valence-electron chi connectivity index (χ3n) is 10.4. The minimum atomic E-state index is -0.524. The number of benzene rings is 7. The summed E-state index contributed by atoms with van der Waals surface area (Å²) in [4.78, 5) is 15.1. The van der Waals surface area contributed by atoms with Gasteiger partial charge in [0.25, 0.3) is 0 Å². The zero-order valence-electron chi connectivity index (χ0n) is 29.3. The fourth-order valence-corrected chi connectivity index (χ4v) is 7.85. The molecule has 1 heterocycles. The molecule has 0 radical (unpaired) electrons. The van der Waals surface area contributed by atoms with Gasteiger partial charge in [0.1, 0.15) is 0 Å². The lowest BCUT2D eigenvalue weighted by Crippen LogP contribution is -2.28. The second kappa shape index (κ2) is 13.3. The summed E-state index contributed by atoms with van der Waals surface area (Å²) in [5.74, 6) is 1.92. The van der Waals surface area contributed by atoms with Crippen molar-refractivity contribution < 1.29 is 0 Å². The molecule has 0 unspecified atom stereocenters. The van der Waals surface area contributed by atoms with E-state index in [1.165, 1.54) is 38.8 Å². The molecular weight excluding hydrogens is 645 g/mol. The third kappa shape index (κ3) is 5.53. The van der Waals surface area contributed by atoms with E-state index in [1.807, 2.05) is 42.5 Å². The summed E-state index contributed by atoms with van der Waals surface area (Å²) >= 11 is 0. The first-order valence-electron chi connectivity index (χ1n) is 17.9. The van der Waals surface area contributed by atoms with E-state index in [1.54, 1.807) is 6.20 Å². The standard InChI is InChI=1S/C49H36N4/c1-33(12-11-31-50)34-23-27-40(28-24-34)49(44-19-9-7-17-42(44)43-18-8-10-20-45(43)49)41-29-25-37(26-30-41)47-51-46(36-14-3-2-4-15-36)52-48(53-47)39-22-21-35-13-5-6-16-38(35)32-39/h2-32H,50H2,1H3/b31-11-,33-12+. The van der Waals surface area contributed by atoms with Crippen molar-refractivity contribution in [2.24, 2.45) is 5.73 Å². The van der Waals surface area contributed by atoms with Crippen molar-refractivity contribution in [1.82, 2.24) is 15.0 Å². The van der Waals surface area contributed by atoms with Crippen molar-refractivity contribution in [1.29, 1.82) is 0 Å². The van der Waals surface area contributed by atoms with Crippen molar-refractivity contribution in [2.45, 2.75) is 12.3 Å². The second-order valence-electron chi connectivity index (χ2n) is 13.5. The summed E-state index contributed by atoms with van der Waals surface area (Å²) in [5, 5.41) is 2.32. The van der Waals surface area contributed by atoms with Crippen LogP contribution in [-0.2, 0) is 5.41 Å². The smallest absolute Gasteiger partial charge is 0.164 e. The van der Waals surface area contributed by atoms with E-state index >= 15 is 0 Å². The summed E-state index contributed by atoms with van der Waals surface area (Å²) in [7, 11) is 0. The van der Waals surface area contributed by atoms with Crippen LogP contribution in [0.25, 0.3) is 61.6 Å².